The first-order chi connectivity index (χ1) is 3.77. The number of nitrogens with two attached hydrogens (primary N) is 1. The normalized spacial score (nSPS) is 10.5. The van der Waals surface area contributed by atoms with Crippen molar-refractivity contribution in [2.45, 2.75) is 26.3 Å². The van der Waals surface area contributed by atoms with E-state index in [0.717, 1.165) is 13.0 Å². The van der Waals surface area contributed by atoms with Crippen molar-refractivity contribution in [3.8, 4) is 0 Å². The van der Waals surface area contributed by atoms with E-state index in [1.165, 1.54) is 0 Å². The Hall–Kier alpha value is -0.0800. The molecule has 0 fully saturated rings. The number of aliphatic hydroxyl groups excluding tert-OH is 1. The minimum atomic E-state index is 0.323. The predicted molar refractivity (Wildman–Crippen MR) is 33.6 cm³/mol. The molecule has 3 N–H and O–H groups in total. The Balaban J connectivity index is 2.72. The Morgan fingerprint density at radius 2 is 2.12 bits per heavy atom. The minimum absolute atomic E-state index is 0.323. The van der Waals surface area contributed by atoms with Crippen molar-refractivity contribution in [2.75, 3.05) is 13.2 Å². The molecule has 2 heteroatoms. The molecule has 0 radical (unpaired) electrons. The molecule has 0 saturated heterocycles. The Morgan fingerprint density at radius 3 is 2.50 bits per heavy atom. The van der Waals surface area contributed by atoms with Crippen molar-refractivity contribution in [3.05, 3.63) is 0 Å². The highest BCUT2D eigenvalue weighted by atomic mass is 16.3. The summed E-state index contributed by atoms with van der Waals surface area (Å²) in [5.74, 6) is 0. The predicted octanol–water partition coefficient (Wildman–Crippen LogP) is -0.659. The van der Waals surface area contributed by atoms with E-state index in [2.05, 4.69) is 19.2 Å². The Morgan fingerprint density at radius 1 is 1.50 bits per heavy atom. The molecular weight excluding hydrogens is 102 g/mol. The van der Waals surface area contributed by atoms with Crippen LogP contribution in [-0.4, -0.2) is 24.3 Å². The lowest BCUT2D eigenvalue weighted by molar-refractivity contribution is -0.683. The van der Waals surface area contributed by atoms with E-state index in [1.54, 1.807) is 0 Å². The summed E-state index contributed by atoms with van der Waals surface area (Å²) in [5.41, 5.74) is 0. The molecule has 0 saturated carbocycles. The van der Waals surface area contributed by atoms with Crippen LogP contribution >= 0.6 is 0 Å². The van der Waals surface area contributed by atoms with Crippen LogP contribution in [-0.2, 0) is 0 Å². The molecule has 0 heterocycles. The maximum Gasteiger partial charge on any atom is 0.0802 e. The van der Waals surface area contributed by atoms with Gasteiger partial charge >= 0.3 is 0 Å². The molecular formula is C6H16NO+. The van der Waals surface area contributed by atoms with Crippen LogP contribution in [0.3, 0.4) is 0 Å². The molecule has 0 aliphatic carbocycles. The SMILES string of the molecule is CC(C)[NH2+]CCCO. The van der Waals surface area contributed by atoms with Gasteiger partial charge < -0.3 is 10.4 Å². The second-order valence-corrected chi connectivity index (χ2v) is 2.35. The molecule has 0 bridgehead atoms. The summed E-state index contributed by atoms with van der Waals surface area (Å²) in [7, 11) is 0. The summed E-state index contributed by atoms with van der Waals surface area (Å²) < 4.78 is 0. The Bertz CT molecular complexity index is 45.8. The number of hydrogen-bond donors (Lipinski definition) is 2. The molecule has 0 unspecified atom stereocenters. The molecule has 0 aromatic heterocycles. The fourth-order valence-corrected chi connectivity index (χ4v) is 0.542. The molecule has 0 aromatic carbocycles. The van der Waals surface area contributed by atoms with Gasteiger partial charge in [0.15, 0.2) is 0 Å². The second-order valence-electron chi connectivity index (χ2n) is 2.35. The zero-order valence-electron chi connectivity index (χ0n) is 5.72. The monoisotopic (exact) mass is 118 g/mol. The van der Waals surface area contributed by atoms with Gasteiger partial charge in [-0.3, -0.25) is 0 Å². The average molecular weight is 118 g/mol. The Kier molecular flexibility index (Phi) is 5.01. The highest BCUT2D eigenvalue weighted by molar-refractivity contribution is 4.29. The van der Waals surface area contributed by atoms with Gasteiger partial charge in [0.25, 0.3) is 0 Å². The fourth-order valence-electron chi connectivity index (χ4n) is 0.542. The average Bonchev–Trinajstić information content (AvgIpc) is 1.66. The van der Waals surface area contributed by atoms with Crippen molar-refractivity contribution >= 4 is 0 Å². The van der Waals surface area contributed by atoms with E-state index in [-0.39, 0.29) is 0 Å². The van der Waals surface area contributed by atoms with Gasteiger partial charge in [-0.15, -0.1) is 0 Å². The molecule has 0 aliphatic heterocycles. The van der Waals surface area contributed by atoms with Gasteiger partial charge in [0.05, 0.1) is 12.6 Å². The van der Waals surface area contributed by atoms with Gasteiger partial charge in [-0.05, 0) is 13.8 Å². The zero-order chi connectivity index (χ0) is 6.41. The Labute approximate surface area is 50.9 Å². The third-order valence-corrected chi connectivity index (χ3v) is 1.00. The van der Waals surface area contributed by atoms with E-state index < -0.39 is 0 Å². The van der Waals surface area contributed by atoms with Crippen molar-refractivity contribution < 1.29 is 10.4 Å². The maximum atomic E-state index is 8.36. The first kappa shape index (κ1) is 7.92. The maximum absolute atomic E-state index is 8.36. The fraction of sp³-hybridized carbons (Fsp3) is 1.00. The molecule has 0 rings (SSSR count). The largest absolute Gasteiger partial charge is 0.396 e. The zero-order valence-corrected chi connectivity index (χ0v) is 5.72. The standard InChI is InChI=1S/C6H15NO/c1-6(2)7-4-3-5-8/h6-8H,3-5H2,1-2H3/p+1. The van der Waals surface area contributed by atoms with Crippen LogP contribution in [0.25, 0.3) is 0 Å². The van der Waals surface area contributed by atoms with E-state index in [1.807, 2.05) is 0 Å². The smallest absolute Gasteiger partial charge is 0.0802 e. The van der Waals surface area contributed by atoms with Gasteiger partial charge in [0.2, 0.25) is 0 Å². The minimum Gasteiger partial charge on any atom is -0.396 e. The summed E-state index contributed by atoms with van der Waals surface area (Å²) in [6.45, 7) is 5.67. The molecule has 0 aromatic rings. The summed E-state index contributed by atoms with van der Waals surface area (Å²) in [5, 5.41) is 10.6. The van der Waals surface area contributed by atoms with Gasteiger partial charge in [0.1, 0.15) is 0 Å². The van der Waals surface area contributed by atoms with E-state index in [9.17, 15) is 0 Å². The molecule has 50 valence electrons. The van der Waals surface area contributed by atoms with Gasteiger partial charge in [-0.1, -0.05) is 0 Å². The molecule has 2 nitrogen and oxygen atoms in total. The quantitative estimate of drug-likeness (QED) is 0.472. The summed E-state index contributed by atoms with van der Waals surface area (Å²) in [6.07, 6.45) is 0.915. The summed E-state index contributed by atoms with van der Waals surface area (Å²) >= 11 is 0. The second kappa shape index (κ2) is 5.06. The van der Waals surface area contributed by atoms with E-state index in [4.69, 9.17) is 5.11 Å². The van der Waals surface area contributed by atoms with Crippen molar-refractivity contribution in [1.29, 1.82) is 0 Å². The van der Waals surface area contributed by atoms with Gasteiger partial charge in [0, 0.05) is 13.0 Å². The van der Waals surface area contributed by atoms with Crippen LogP contribution in [0.2, 0.25) is 0 Å². The van der Waals surface area contributed by atoms with Crippen LogP contribution in [0, 0.1) is 0 Å². The topological polar surface area (TPSA) is 36.8 Å². The van der Waals surface area contributed by atoms with Crippen LogP contribution in [0.15, 0.2) is 0 Å². The van der Waals surface area contributed by atoms with Gasteiger partial charge in [-0.2, -0.15) is 0 Å². The lowest BCUT2D eigenvalue weighted by Gasteiger charge is -2.01. The van der Waals surface area contributed by atoms with Crippen molar-refractivity contribution in [3.63, 3.8) is 0 Å². The van der Waals surface area contributed by atoms with Crippen molar-refractivity contribution in [1.82, 2.24) is 0 Å². The van der Waals surface area contributed by atoms with Crippen LogP contribution in [0.5, 0.6) is 0 Å². The van der Waals surface area contributed by atoms with Crippen LogP contribution in [0.1, 0.15) is 20.3 Å². The molecule has 0 spiro atoms. The number of quaternary nitrogens is 1. The highest BCUT2D eigenvalue weighted by Gasteiger charge is 1.92. The van der Waals surface area contributed by atoms with Crippen LogP contribution < -0.4 is 5.32 Å². The van der Waals surface area contributed by atoms with Crippen molar-refractivity contribution in [2.24, 2.45) is 0 Å². The number of hydrogen-bond acceptors (Lipinski definition) is 1. The molecule has 0 amide bonds. The lowest BCUT2D eigenvalue weighted by atomic mass is 10.3. The first-order valence-corrected chi connectivity index (χ1v) is 3.21. The highest BCUT2D eigenvalue weighted by Crippen LogP contribution is 1.66. The third kappa shape index (κ3) is 5.92. The van der Waals surface area contributed by atoms with Gasteiger partial charge in [-0.25, -0.2) is 0 Å². The number of aliphatic hydroxyl groups is 1. The lowest BCUT2D eigenvalue weighted by Crippen LogP contribution is -2.88. The molecule has 8 heavy (non-hydrogen) atoms. The molecule has 0 aliphatic rings. The summed E-state index contributed by atoms with van der Waals surface area (Å²) in [6, 6.07) is 0.668. The third-order valence-electron chi connectivity index (χ3n) is 1.00. The van der Waals surface area contributed by atoms with Crippen LogP contribution in [0.4, 0.5) is 0 Å². The van der Waals surface area contributed by atoms with E-state index in [0.29, 0.717) is 12.6 Å². The molecule has 0 atom stereocenters. The first-order valence-electron chi connectivity index (χ1n) is 3.21. The van der Waals surface area contributed by atoms with E-state index >= 15 is 0 Å². The summed E-state index contributed by atoms with van der Waals surface area (Å²) in [4.78, 5) is 0. The number of rotatable bonds is 4.